The minimum absolute atomic E-state index is 0.599. The Balaban J connectivity index is 3.58. The Morgan fingerprint density at radius 2 is 1.80 bits per heavy atom. The molecule has 0 radical (unpaired) electrons. The predicted octanol–water partition coefficient (Wildman–Crippen LogP) is 1.34. The van der Waals surface area contributed by atoms with Crippen LogP contribution in [0.5, 0.6) is 0 Å². The Morgan fingerprint density at radius 3 is 2.27 bits per heavy atom. The lowest BCUT2D eigenvalue weighted by atomic mass is 10.7. The third-order valence-corrected chi connectivity index (χ3v) is 6.37. The molecule has 0 N–H and O–H groups in total. The number of ether oxygens (including phenoxy) is 1. The maximum atomic E-state index is 5.28. The van der Waals surface area contributed by atoms with E-state index in [0.29, 0.717) is 13.2 Å². The number of hydrogen-bond donors (Lipinski definition) is 0. The molecule has 0 heterocycles. The number of rotatable bonds is 10. The van der Waals surface area contributed by atoms with E-state index in [4.69, 9.17) is 18.0 Å². The third-order valence-electron chi connectivity index (χ3n) is 1.82. The lowest BCUT2D eigenvalue weighted by Crippen LogP contribution is -2.46. The van der Waals surface area contributed by atoms with Crippen molar-refractivity contribution in [3.8, 4) is 0 Å². The molecule has 0 unspecified atom stereocenters. The molecule has 0 aliphatic heterocycles. The van der Waals surface area contributed by atoms with Crippen LogP contribution in [0.4, 0.5) is 0 Å². The zero-order valence-corrected chi connectivity index (χ0v) is 11.5. The summed E-state index contributed by atoms with van der Waals surface area (Å²) >= 11 is 1.71. The summed E-state index contributed by atoms with van der Waals surface area (Å²) in [5.41, 5.74) is 0. The molecule has 0 rings (SSSR count). The predicted molar refractivity (Wildman–Crippen MR) is 65.1 cm³/mol. The molecule has 0 aromatic heterocycles. The Hall–Kier alpha value is 0.147. The summed E-state index contributed by atoms with van der Waals surface area (Å²) in [5.74, 6) is 0.901. The lowest BCUT2D eigenvalue weighted by molar-refractivity contribution is 0.130. The van der Waals surface area contributed by atoms with E-state index in [-0.39, 0.29) is 0 Å². The van der Waals surface area contributed by atoms with E-state index in [2.05, 4.69) is 6.58 Å². The fraction of sp³-hybridized carbons (Fsp3) is 0.778. The van der Waals surface area contributed by atoms with Crippen LogP contribution in [0.2, 0.25) is 0 Å². The van der Waals surface area contributed by atoms with Crippen LogP contribution in [0.25, 0.3) is 0 Å². The van der Waals surface area contributed by atoms with Gasteiger partial charge >= 0.3 is 8.80 Å². The van der Waals surface area contributed by atoms with E-state index in [1.165, 1.54) is 0 Å². The first kappa shape index (κ1) is 15.1. The van der Waals surface area contributed by atoms with Crippen molar-refractivity contribution in [2.45, 2.75) is 0 Å². The topological polar surface area (TPSA) is 36.9 Å². The normalized spacial score (nSPS) is 11.7. The minimum atomic E-state index is -2.40. The summed E-state index contributed by atoms with van der Waals surface area (Å²) in [6.45, 7) is 4.88. The van der Waals surface area contributed by atoms with Crippen molar-refractivity contribution < 1.29 is 18.0 Å². The van der Waals surface area contributed by atoms with Gasteiger partial charge in [0.1, 0.15) is 0 Å². The molecule has 0 aliphatic rings. The molecule has 6 heteroatoms. The van der Waals surface area contributed by atoms with Gasteiger partial charge in [-0.2, -0.15) is 11.8 Å². The Bertz CT molecular complexity index is 156. The van der Waals surface area contributed by atoms with Crippen LogP contribution in [-0.4, -0.2) is 54.5 Å². The molecule has 15 heavy (non-hydrogen) atoms. The Morgan fingerprint density at radius 1 is 1.20 bits per heavy atom. The second kappa shape index (κ2) is 9.38. The summed E-state index contributed by atoms with van der Waals surface area (Å²) in [5, 5.41) is 0.744. The van der Waals surface area contributed by atoms with Crippen molar-refractivity contribution in [2.24, 2.45) is 0 Å². The molecule has 0 bridgehead atoms. The van der Waals surface area contributed by atoms with E-state index in [1.54, 1.807) is 39.2 Å². The minimum Gasteiger partial charge on any atom is -0.377 e. The molecule has 0 fully saturated rings. The van der Waals surface area contributed by atoms with Gasteiger partial charge in [0.05, 0.1) is 18.6 Å². The van der Waals surface area contributed by atoms with E-state index in [1.807, 2.05) is 0 Å². The van der Waals surface area contributed by atoms with Crippen LogP contribution in [0, 0.1) is 0 Å². The Labute approximate surface area is 97.3 Å². The summed E-state index contributed by atoms with van der Waals surface area (Å²) < 4.78 is 21.1. The second-order valence-electron chi connectivity index (χ2n) is 2.71. The zero-order chi connectivity index (χ0) is 11.6. The summed E-state index contributed by atoms with van der Waals surface area (Å²) in [6, 6.07) is 0. The highest BCUT2D eigenvalue weighted by atomic mass is 32.2. The molecular weight excluding hydrogens is 232 g/mol. The van der Waals surface area contributed by atoms with Gasteiger partial charge in [-0.05, 0) is 0 Å². The first-order chi connectivity index (χ1) is 7.24. The largest absolute Gasteiger partial charge is 0.510 e. The fourth-order valence-electron chi connectivity index (χ4n) is 0.908. The monoisotopic (exact) mass is 252 g/mol. The van der Waals surface area contributed by atoms with E-state index in [0.717, 1.165) is 11.1 Å². The maximum Gasteiger partial charge on any atom is 0.510 e. The van der Waals surface area contributed by atoms with Gasteiger partial charge in [0, 0.05) is 27.1 Å². The van der Waals surface area contributed by atoms with Gasteiger partial charge < -0.3 is 18.0 Å². The van der Waals surface area contributed by atoms with Crippen LogP contribution in [0.3, 0.4) is 0 Å². The summed E-state index contributed by atoms with van der Waals surface area (Å²) in [7, 11) is 2.46. The van der Waals surface area contributed by atoms with Gasteiger partial charge in [0.2, 0.25) is 0 Å². The quantitative estimate of drug-likeness (QED) is 0.333. The molecule has 4 nitrogen and oxygen atoms in total. The van der Waals surface area contributed by atoms with Gasteiger partial charge in [-0.25, -0.2) is 0 Å². The molecule has 90 valence electrons. The van der Waals surface area contributed by atoms with Crippen LogP contribution in [-0.2, 0) is 18.0 Å². The summed E-state index contributed by atoms with van der Waals surface area (Å²) in [6.07, 6.45) is 1.74. The van der Waals surface area contributed by atoms with Crippen LogP contribution in [0.15, 0.2) is 12.7 Å². The van der Waals surface area contributed by atoms with Crippen LogP contribution < -0.4 is 0 Å². The van der Waals surface area contributed by atoms with Gasteiger partial charge in [0.15, 0.2) is 0 Å². The number of hydrogen-bond acceptors (Lipinski definition) is 5. The van der Waals surface area contributed by atoms with Crippen molar-refractivity contribution in [3.63, 3.8) is 0 Å². The smallest absolute Gasteiger partial charge is 0.377 e. The summed E-state index contributed by atoms with van der Waals surface area (Å²) in [4.78, 5) is 0. The van der Waals surface area contributed by atoms with Gasteiger partial charge in [-0.15, -0.1) is 6.58 Å². The molecule has 0 aromatic rings. The van der Waals surface area contributed by atoms with Crippen LogP contribution in [0.1, 0.15) is 0 Å². The molecule has 0 aromatic carbocycles. The fourth-order valence-corrected chi connectivity index (χ4v) is 4.64. The van der Waals surface area contributed by atoms with E-state index in [9.17, 15) is 0 Å². The van der Waals surface area contributed by atoms with Crippen molar-refractivity contribution in [1.29, 1.82) is 0 Å². The highest BCUT2D eigenvalue weighted by Gasteiger charge is 2.37. The van der Waals surface area contributed by atoms with Gasteiger partial charge in [0.25, 0.3) is 0 Å². The standard InChI is InChI=1S/C9H20O4SSi/c1-5-6-13-7-8-14-9-15(10-2,11-3)12-4/h5H,1,6-9H2,2-4H3. The molecule has 0 spiro atoms. The van der Waals surface area contributed by atoms with Gasteiger partial charge in [-0.3, -0.25) is 0 Å². The molecule has 0 aliphatic carbocycles. The van der Waals surface area contributed by atoms with Crippen molar-refractivity contribution in [1.82, 2.24) is 0 Å². The third kappa shape index (κ3) is 6.34. The first-order valence-corrected chi connectivity index (χ1v) is 7.75. The first-order valence-electron chi connectivity index (χ1n) is 4.66. The second-order valence-corrected chi connectivity index (χ2v) is 7.27. The SMILES string of the molecule is C=CCOCCSC[Si](OC)(OC)OC. The number of thioether (sulfide) groups is 1. The highest BCUT2D eigenvalue weighted by Crippen LogP contribution is 2.14. The van der Waals surface area contributed by atoms with E-state index >= 15 is 0 Å². The average Bonchev–Trinajstić information content (AvgIpc) is 2.29. The molecule has 0 saturated carbocycles. The maximum absolute atomic E-state index is 5.28. The average molecular weight is 252 g/mol. The van der Waals surface area contributed by atoms with Crippen molar-refractivity contribution >= 4 is 20.6 Å². The lowest BCUT2D eigenvalue weighted by Gasteiger charge is -2.23. The van der Waals surface area contributed by atoms with Gasteiger partial charge in [-0.1, -0.05) is 6.08 Å². The van der Waals surface area contributed by atoms with Crippen molar-refractivity contribution in [3.05, 3.63) is 12.7 Å². The van der Waals surface area contributed by atoms with E-state index < -0.39 is 8.80 Å². The highest BCUT2D eigenvalue weighted by molar-refractivity contribution is 8.00. The van der Waals surface area contributed by atoms with Crippen molar-refractivity contribution in [2.75, 3.05) is 45.7 Å². The zero-order valence-electron chi connectivity index (χ0n) is 9.65. The molecule has 0 amide bonds. The molecule has 0 atom stereocenters. The van der Waals surface area contributed by atoms with Crippen LogP contribution >= 0.6 is 11.8 Å². The molecule has 0 saturated heterocycles. The molecular formula is C9H20O4SSi. The Kier molecular flexibility index (Phi) is 9.47.